The van der Waals surface area contributed by atoms with E-state index in [2.05, 4.69) is 0 Å². The van der Waals surface area contributed by atoms with Crippen LogP contribution in [0.3, 0.4) is 0 Å². The molecule has 2 aromatic carbocycles. The maximum absolute atomic E-state index is 12.8. The number of aromatic hydroxyl groups is 1. The molecule has 0 amide bonds. The maximum atomic E-state index is 12.8. The van der Waals surface area contributed by atoms with E-state index < -0.39 is 12.1 Å². The number of carbonyl (C=O) groups excluding carboxylic acids is 2. The number of hydrogen-bond donors (Lipinski definition) is 2. The molecule has 1 unspecified atom stereocenters. The number of ether oxygens (including phenoxy) is 2. The van der Waals surface area contributed by atoms with Crippen molar-refractivity contribution in [1.29, 1.82) is 0 Å². The molecule has 6 heteroatoms. The highest BCUT2D eigenvalue weighted by Crippen LogP contribution is 2.41. The molecule has 0 radical (unpaired) electrons. The van der Waals surface area contributed by atoms with Gasteiger partial charge in [-0.05, 0) is 55.5 Å². The number of fused-ring (bicyclic) bond motifs is 2. The molecule has 0 bridgehead atoms. The van der Waals surface area contributed by atoms with Crippen LogP contribution < -0.4 is 4.74 Å². The molecule has 28 heavy (non-hydrogen) atoms. The third-order valence-electron chi connectivity index (χ3n) is 4.67. The molecule has 0 spiro atoms. The number of benzene rings is 2. The Labute approximate surface area is 163 Å². The van der Waals surface area contributed by atoms with E-state index in [1.807, 2.05) is 20.8 Å². The molecule has 0 saturated heterocycles. The van der Waals surface area contributed by atoms with Gasteiger partial charge in [0.1, 0.15) is 17.9 Å². The third kappa shape index (κ3) is 3.73. The van der Waals surface area contributed by atoms with E-state index in [0.29, 0.717) is 17.5 Å². The van der Waals surface area contributed by atoms with E-state index in [4.69, 9.17) is 9.47 Å². The lowest BCUT2D eigenvalue weighted by Gasteiger charge is -2.23. The SMILES string of the molecule is CC(=O)c1c(C(O)CC(C)C)ccc2c1C(=O)OCc1cc(C)cc(O)c1O2. The number of cyclic esters (lactones) is 1. The number of carbonyl (C=O) groups is 2. The average molecular weight is 384 g/mol. The average Bonchev–Trinajstić information content (AvgIpc) is 2.59. The minimum absolute atomic E-state index is 0.0292. The van der Waals surface area contributed by atoms with Crippen molar-refractivity contribution in [2.24, 2.45) is 5.92 Å². The summed E-state index contributed by atoms with van der Waals surface area (Å²) in [6, 6.07) is 6.42. The van der Waals surface area contributed by atoms with Gasteiger partial charge in [0.25, 0.3) is 0 Å². The number of hydrogen-bond acceptors (Lipinski definition) is 6. The number of Topliss-reactive ketones (excluding diaryl/α,β-unsaturated/α-hetero) is 1. The number of phenols is 1. The van der Waals surface area contributed by atoms with Gasteiger partial charge in [0.15, 0.2) is 17.3 Å². The second kappa shape index (κ2) is 7.64. The number of aliphatic hydroxyl groups excluding tert-OH is 1. The summed E-state index contributed by atoms with van der Waals surface area (Å²) in [5, 5.41) is 20.9. The molecule has 2 N–H and O–H groups in total. The highest BCUT2D eigenvalue weighted by Gasteiger charge is 2.30. The first kappa shape index (κ1) is 19.9. The molecule has 0 aromatic heterocycles. The monoisotopic (exact) mass is 384 g/mol. The lowest BCUT2D eigenvalue weighted by Crippen LogP contribution is -2.18. The first-order valence-corrected chi connectivity index (χ1v) is 9.22. The normalized spacial score (nSPS) is 14.3. The number of phenolic OH excluding ortho intramolecular Hbond substituents is 1. The van der Waals surface area contributed by atoms with Gasteiger partial charge in [0.05, 0.1) is 6.10 Å². The van der Waals surface area contributed by atoms with Crippen LogP contribution in [0.1, 0.15) is 70.7 Å². The molecule has 1 heterocycles. The van der Waals surface area contributed by atoms with Crippen LogP contribution in [0.2, 0.25) is 0 Å². The lowest BCUT2D eigenvalue weighted by atomic mass is 9.90. The summed E-state index contributed by atoms with van der Waals surface area (Å²) in [5.41, 5.74) is 1.76. The van der Waals surface area contributed by atoms with Crippen molar-refractivity contribution < 1.29 is 29.3 Å². The molecule has 0 fully saturated rings. The molecule has 3 rings (SSSR count). The van der Waals surface area contributed by atoms with Gasteiger partial charge in [0.2, 0.25) is 0 Å². The molecule has 1 atom stereocenters. The predicted octanol–water partition coefficient (Wildman–Crippen LogP) is 4.45. The summed E-state index contributed by atoms with van der Waals surface area (Å²) in [6.07, 6.45) is -0.455. The van der Waals surface area contributed by atoms with Gasteiger partial charge in [-0.15, -0.1) is 0 Å². The highest BCUT2D eigenvalue weighted by molar-refractivity contribution is 6.08. The first-order chi connectivity index (χ1) is 13.2. The minimum Gasteiger partial charge on any atom is -0.504 e. The Kier molecular flexibility index (Phi) is 5.42. The Bertz CT molecular complexity index is 945. The molecule has 0 aliphatic carbocycles. The lowest BCUT2D eigenvalue weighted by molar-refractivity contribution is 0.0455. The highest BCUT2D eigenvalue weighted by atomic mass is 16.5. The Morgan fingerprint density at radius 1 is 1.25 bits per heavy atom. The van der Waals surface area contributed by atoms with Crippen molar-refractivity contribution in [1.82, 2.24) is 0 Å². The maximum Gasteiger partial charge on any atom is 0.343 e. The van der Waals surface area contributed by atoms with Crippen molar-refractivity contribution in [2.45, 2.75) is 46.8 Å². The fourth-order valence-electron chi connectivity index (χ4n) is 3.50. The molecular weight excluding hydrogens is 360 g/mol. The van der Waals surface area contributed by atoms with Gasteiger partial charge in [0, 0.05) is 11.1 Å². The van der Waals surface area contributed by atoms with Gasteiger partial charge < -0.3 is 19.7 Å². The van der Waals surface area contributed by atoms with E-state index in [9.17, 15) is 19.8 Å². The zero-order valence-corrected chi connectivity index (χ0v) is 16.4. The first-order valence-electron chi connectivity index (χ1n) is 9.22. The quantitative estimate of drug-likeness (QED) is 0.598. The molecule has 2 aromatic rings. The van der Waals surface area contributed by atoms with E-state index in [0.717, 1.165) is 5.56 Å². The summed E-state index contributed by atoms with van der Waals surface area (Å²) in [4.78, 5) is 25.2. The van der Waals surface area contributed by atoms with Crippen LogP contribution in [0, 0.1) is 12.8 Å². The number of aryl methyl sites for hydroxylation is 1. The minimum atomic E-state index is -0.897. The second-order valence-corrected chi connectivity index (χ2v) is 7.55. The van der Waals surface area contributed by atoms with E-state index >= 15 is 0 Å². The van der Waals surface area contributed by atoms with Crippen molar-refractivity contribution in [2.75, 3.05) is 0 Å². The molecular formula is C22H24O6. The van der Waals surface area contributed by atoms with Crippen molar-refractivity contribution in [3.05, 3.63) is 52.1 Å². The number of aliphatic hydroxyl groups is 1. The molecule has 148 valence electrons. The van der Waals surface area contributed by atoms with Gasteiger partial charge in [-0.25, -0.2) is 4.79 Å². The second-order valence-electron chi connectivity index (χ2n) is 7.55. The van der Waals surface area contributed by atoms with Crippen molar-refractivity contribution >= 4 is 11.8 Å². The van der Waals surface area contributed by atoms with Crippen LogP contribution in [0.25, 0.3) is 0 Å². The molecule has 0 saturated carbocycles. The predicted molar refractivity (Wildman–Crippen MR) is 103 cm³/mol. The zero-order valence-electron chi connectivity index (χ0n) is 16.4. The third-order valence-corrected chi connectivity index (χ3v) is 4.67. The molecule has 1 aliphatic rings. The summed E-state index contributed by atoms with van der Waals surface area (Å²) in [5.74, 6) is -0.658. The molecule has 1 aliphatic heterocycles. The summed E-state index contributed by atoms with van der Waals surface area (Å²) >= 11 is 0. The Hall–Kier alpha value is -2.86. The van der Waals surface area contributed by atoms with Crippen molar-refractivity contribution in [3.63, 3.8) is 0 Å². The summed E-state index contributed by atoms with van der Waals surface area (Å²) in [7, 11) is 0. The Balaban J connectivity index is 2.19. The Morgan fingerprint density at radius 3 is 2.61 bits per heavy atom. The van der Waals surface area contributed by atoms with Crippen molar-refractivity contribution in [3.8, 4) is 17.2 Å². The van der Waals surface area contributed by atoms with Gasteiger partial charge in [-0.3, -0.25) is 4.79 Å². The summed E-state index contributed by atoms with van der Waals surface area (Å²) < 4.78 is 11.2. The van der Waals surface area contributed by atoms with Crippen LogP contribution in [0.4, 0.5) is 0 Å². The topological polar surface area (TPSA) is 93.1 Å². The molecule has 6 nitrogen and oxygen atoms in total. The standard InChI is InChI=1S/C22H24O6/c1-11(2)7-16(24)15-5-6-18-20(19(15)13(4)23)22(26)27-10-14-8-12(3)9-17(25)21(14)28-18/h5-6,8-9,11,16,24-25H,7,10H2,1-4H3. The smallest absolute Gasteiger partial charge is 0.343 e. The Morgan fingerprint density at radius 2 is 1.96 bits per heavy atom. The van der Waals surface area contributed by atoms with Gasteiger partial charge in [-0.1, -0.05) is 19.9 Å². The largest absolute Gasteiger partial charge is 0.504 e. The zero-order chi connectivity index (χ0) is 20.6. The van der Waals surface area contributed by atoms with E-state index in [-0.39, 0.29) is 46.7 Å². The van der Waals surface area contributed by atoms with Crippen LogP contribution >= 0.6 is 0 Å². The van der Waals surface area contributed by atoms with E-state index in [1.54, 1.807) is 18.2 Å². The van der Waals surface area contributed by atoms with Gasteiger partial charge in [-0.2, -0.15) is 0 Å². The van der Waals surface area contributed by atoms with Crippen LogP contribution in [0.15, 0.2) is 24.3 Å². The van der Waals surface area contributed by atoms with E-state index in [1.165, 1.54) is 13.0 Å². The fraction of sp³-hybridized carbons (Fsp3) is 0.364. The fourth-order valence-corrected chi connectivity index (χ4v) is 3.50. The van der Waals surface area contributed by atoms with Crippen LogP contribution in [-0.4, -0.2) is 22.0 Å². The summed E-state index contributed by atoms with van der Waals surface area (Å²) in [6.45, 7) is 6.97. The van der Waals surface area contributed by atoms with Crippen LogP contribution in [0.5, 0.6) is 17.2 Å². The van der Waals surface area contributed by atoms with Crippen LogP contribution in [-0.2, 0) is 11.3 Å². The number of esters is 1. The number of ketones is 1. The van der Waals surface area contributed by atoms with Gasteiger partial charge >= 0.3 is 5.97 Å². The number of rotatable bonds is 4.